The van der Waals surface area contributed by atoms with Gasteiger partial charge in [0.25, 0.3) is 5.69 Å². The van der Waals surface area contributed by atoms with Gasteiger partial charge in [-0.05, 0) is 29.8 Å². The highest BCUT2D eigenvalue weighted by Crippen LogP contribution is 2.28. The van der Waals surface area contributed by atoms with Gasteiger partial charge < -0.3 is 0 Å². The van der Waals surface area contributed by atoms with Gasteiger partial charge >= 0.3 is 0 Å². The molecule has 0 unspecified atom stereocenters. The Morgan fingerprint density at radius 2 is 1.95 bits per heavy atom. The van der Waals surface area contributed by atoms with Crippen LogP contribution >= 0.6 is 23.4 Å². The van der Waals surface area contributed by atoms with Crippen molar-refractivity contribution in [3.63, 3.8) is 0 Å². The summed E-state index contributed by atoms with van der Waals surface area (Å²) in [6, 6.07) is 13.9. The molecule has 0 bridgehead atoms. The van der Waals surface area contributed by atoms with Crippen LogP contribution in [0, 0.1) is 21.4 Å². The van der Waals surface area contributed by atoms with Gasteiger partial charge in [-0.3, -0.25) is 10.1 Å². The van der Waals surface area contributed by atoms with E-state index in [0.29, 0.717) is 10.8 Å². The molecule has 0 aliphatic carbocycles. The normalized spacial score (nSPS) is 10.0. The Balaban J connectivity index is 2.12. The summed E-state index contributed by atoms with van der Waals surface area (Å²) in [4.78, 5) is 11.0. The van der Waals surface area contributed by atoms with Crippen molar-refractivity contribution < 1.29 is 4.92 Å². The average molecular weight is 305 g/mol. The van der Waals surface area contributed by atoms with Crippen molar-refractivity contribution in [3.05, 3.63) is 68.7 Å². The molecule has 4 nitrogen and oxygen atoms in total. The second-order valence-electron chi connectivity index (χ2n) is 3.96. The van der Waals surface area contributed by atoms with Crippen LogP contribution in [0.15, 0.2) is 47.4 Å². The Bertz CT molecular complexity index is 681. The van der Waals surface area contributed by atoms with E-state index < -0.39 is 4.92 Å². The summed E-state index contributed by atoms with van der Waals surface area (Å²) in [5, 5.41) is 20.3. The Kier molecular flexibility index (Phi) is 4.61. The largest absolute Gasteiger partial charge is 0.287 e. The third kappa shape index (κ3) is 3.50. The lowest BCUT2D eigenvalue weighted by atomic mass is 10.2. The zero-order valence-electron chi connectivity index (χ0n) is 10.2. The zero-order valence-corrected chi connectivity index (χ0v) is 11.8. The molecule has 0 amide bonds. The Hall–Kier alpha value is -2.03. The summed E-state index contributed by atoms with van der Waals surface area (Å²) in [5.74, 6) is 0.708. The molecule has 0 aliphatic rings. The quantitative estimate of drug-likeness (QED) is 0.476. The highest BCUT2D eigenvalue weighted by atomic mass is 35.5. The fraction of sp³-hybridized carbons (Fsp3) is 0.0714. The lowest BCUT2D eigenvalue weighted by molar-refractivity contribution is -0.385. The Labute approximate surface area is 125 Å². The van der Waals surface area contributed by atoms with E-state index in [1.807, 2.05) is 30.3 Å². The molecular weight excluding hydrogens is 296 g/mol. The monoisotopic (exact) mass is 304 g/mol. The van der Waals surface area contributed by atoms with Gasteiger partial charge in [-0.25, -0.2) is 0 Å². The maximum atomic E-state index is 10.7. The second-order valence-corrected chi connectivity index (χ2v) is 5.45. The maximum Gasteiger partial charge on any atom is 0.287 e. The van der Waals surface area contributed by atoms with E-state index in [-0.39, 0.29) is 11.3 Å². The fourth-order valence-corrected chi connectivity index (χ4v) is 2.62. The van der Waals surface area contributed by atoms with E-state index in [1.54, 1.807) is 12.1 Å². The molecule has 100 valence electrons. The number of nitro benzene ring substituents is 1. The number of benzene rings is 2. The lowest BCUT2D eigenvalue weighted by Crippen LogP contribution is -1.92. The minimum absolute atomic E-state index is 0.0797. The topological polar surface area (TPSA) is 66.9 Å². The average Bonchev–Trinajstić information content (AvgIpc) is 2.46. The molecule has 0 spiro atoms. The molecule has 2 aromatic carbocycles. The number of rotatable bonds is 4. The molecule has 0 saturated heterocycles. The van der Waals surface area contributed by atoms with E-state index in [4.69, 9.17) is 16.9 Å². The van der Waals surface area contributed by atoms with Crippen molar-refractivity contribution >= 4 is 29.1 Å². The maximum absolute atomic E-state index is 10.7. The molecule has 0 aliphatic heterocycles. The molecule has 0 N–H and O–H groups in total. The molecule has 0 aromatic heterocycles. The molecule has 0 fully saturated rings. The first kappa shape index (κ1) is 14.4. The molecular formula is C14H9ClN2O2S. The minimum atomic E-state index is -0.549. The van der Waals surface area contributed by atoms with Crippen molar-refractivity contribution in [3.8, 4) is 6.07 Å². The standard InChI is InChI=1S/C14H9ClN2O2S/c15-12-3-1-10(2-4-12)9-20-13-5-6-14(17(18)19)11(7-13)8-16/h1-7H,9H2. The van der Waals surface area contributed by atoms with Gasteiger partial charge in [-0.1, -0.05) is 23.7 Å². The van der Waals surface area contributed by atoms with E-state index in [1.165, 1.54) is 17.8 Å². The van der Waals surface area contributed by atoms with Gasteiger partial charge in [0.1, 0.15) is 11.6 Å². The fourth-order valence-electron chi connectivity index (χ4n) is 1.60. The van der Waals surface area contributed by atoms with Gasteiger partial charge in [0.2, 0.25) is 0 Å². The molecule has 20 heavy (non-hydrogen) atoms. The molecule has 6 heteroatoms. The molecule has 0 radical (unpaired) electrons. The Morgan fingerprint density at radius 3 is 2.55 bits per heavy atom. The summed E-state index contributed by atoms with van der Waals surface area (Å²) >= 11 is 7.32. The lowest BCUT2D eigenvalue weighted by Gasteiger charge is -2.03. The summed E-state index contributed by atoms with van der Waals surface area (Å²) in [6.07, 6.45) is 0. The van der Waals surface area contributed by atoms with Crippen molar-refractivity contribution in [2.24, 2.45) is 0 Å². The van der Waals surface area contributed by atoms with Crippen LogP contribution in [0.5, 0.6) is 0 Å². The minimum Gasteiger partial charge on any atom is -0.258 e. The van der Waals surface area contributed by atoms with Crippen LogP contribution in [0.4, 0.5) is 5.69 Å². The van der Waals surface area contributed by atoms with Gasteiger partial charge in [-0.2, -0.15) is 5.26 Å². The summed E-state index contributed by atoms with van der Waals surface area (Å²) < 4.78 is 0. The third-order valence-corrected chi connectivity index (χ3v) is 3.92. The SMILES string of the molecule is N#Cc1cc(SCc2ccc(Cl)cc2)ccc1[N+](=O)[O-]. The second kappa shape index (κ2) is 6.42. The number of nitriles is 1. The van der Waals surface area contributed by atoms with E-state index >= 15 is 0 Å². The number of halogens is 1. The molecule has 0 atom stereocenters. The molecule has 0 saturated carbocycles. The van der Waals surface area contributed by atoms with Crippen LogP contribution in [0.2, 0.25) is 5.02 Å². The number of nitrogens with zero attached hydrogens (tertiary/aromatic N) is 2. The van der Waals surface area contributed by atoms with Crippen molar-refractivity contribution in [1.82, 2.24) is 0 Å². The van der Waals surface area contributed by atoms with E-state index in [9.17, 15) is 10.1 Å². The number of hydrogen-bond acceptors (Lipinski definition) is 4. The Morgan fingerprint density at radius 1 is 1.25 bits per heavy atom. The smallest absolute Gasteiger partial charge is 0.258 e. The number of hydrogen-bond donors (Lipinski definition) is 0. The van der Waals surface area contributed by atoms with Crippen molar-refractivity contribution in [2.45, 2.75) is 10.6 Å². The number of nitro groups is 1. The van der Waals surface area contributed by atoms with Crippen LogP contribution in [0.1, 0.15) is 11.1 Å². The van der Waals surface area contributed by atoms with E-state index in [2.05, 4.69) is 0 Å². The molecule has 2 aromatic rings. The van der Waals surface area contributed by atoms with E-state index in [0.717, 1.165) is 10.5 Å². The molecule has 2 rings (SSSR count). The van der Waals surface area contributed by atoms with Crippen LogP contribution in [0.25, 0.3) is 0 Å². The van der Waals surface area contributed by atoms with Crippen molar-refractivity contribution in [2.75, 3.05) is 0 Å². The predicted molar refractivity (Wildman–Crippen MR) is 78.8 cm³/mol. The third-order valence-electron chi connectivity index (χ3n) is 2.60. The van der Waals surface area contributed by atoms with Crippen LogP contribution in [0.3, 0.4) is 0 Å². The van der Waals surface area contributed by atoms with Gasteiger partial charge in [0, 0.05) is 21.7 Å². The highest BCUT2D eigenvalue weighted by Gasteiger charge is 2.13. The summed E-state index contributed by atoms with van der Waals surface area (Å²) in [5.41, 5.74) is 1.01. The van der Waals surface area contributed by atoms with Crippen LogP contribution in [-0.4, -0.2) is 4.92 Å². The highest BCUT2D eigenvalue weighted by molar-refractivity contribution is 7.98. The number of thioether (sulfide) groups is 1. The first-order chi connectivity index (χ1) is 9.60. The van der Waals surface area contributed by atoms with Gasteiger partial charge in [-0.15, -0.1) is 11.8 Å². The first-order valence-corrected chi connectivity index (χ1v) is 7.02. The predicted octanol–water partition coefficient (Wildman–Crippen LogP) is 4.41. The van der Waals surface area contributed by atoms with Crippen molar-refractivity contribution in [1.29, 1.82) is 5.26 Å². The first-order valence-electron chi connectivity index (χ1n) is 5.66. The molecule has 0 heterocycles. The van der Waals surface area contributed by atoms with Gasteiger partial charge in [0.15, 0.2) is 0 Å². The summed E-state index contributed by atoms with van der Waals surface area (Å²) in [7, 11) is 0. The van der Waals surface area contributed by atoms with Gasteiger partial charge in [0.05, 0.1) is 4.92 Å². The zero-order chi connectivity index (χ0) is 14.5. The van der Waals surface area contributed by atoms with Crippen LogP contribution < -0.4 is 0 Å². The summed E-state index contributed by atoms with van der Waals surface area (Å²) in [6.45, 7) is 0. The van der Waals surface area contributed by atoms with Crippen LogP contribution in [-0.2, 0) is 5.75 Å².